The molecule has 3 rings (SSSR count). The quantitative estimate of drug-likeness (QED) is 0.699. The lowest BCUT2D eigenvalue weighted by atomic mass is 10.2. The Morgan fingerprint density at radius 3 is 2.94 bits per heavy atom. The lowest BCUT2D eigenvalue weighted by Gasteiger charge is -2.03. The summed E-state index contributed by atoms with van der Waals surface area (Å²) in [4.78, 5) is 4.41. The number of aromatic nitrogens is 4. The minimum Gasteiger partial charge on any atom is -0.254 e. The van der Waals surface area contributed by atoms with Gasteiger partial charge in [0.1, 0.15) is 0 Å². The molecule has 4 nitrogen and oxygen atoms in total. The van der Waals surface area contributed by atoms with Gasteiger partial charge < -0.3 is 0 Å². The second-order valence-electron chi connectivity index (χ2n) is 3.95. The molecule has 0 spiro atoms. The van der Waals surface area contributed by atoms with Crippen LogP contribution in [0.2, 0.25) is 0 Å². The van der Waals surface area contributed by atoms with Crippen molar-refractivity contribution in [2.45, 2.75) is 6.42 Å². The van der Waals surface area contributed by atoms with Gasteiger partial charge in [0.25, 0.3) is 0 Å². The van der Waals surface area contributed by atoms with E-state index in [1.165, 1.54) is 0 Å². The van der Waals surface area contributed by atoms with Crippen molar-refractivity contribution >= 4 is 26.8 Å². The van der Waals surface area contributed by atoms with Gasteiger partial charge >= 0.3 is 0 Å². The van der Waals surface area contributed by atoms with Crippen LogP contribution in [0.25, 0.3) is 16.6 Å². The lowest BCUT2D eigenvalue weighted by molar-refractivity contribution is 0.801. The summed E-state index contributed by atoms with van der Waals surface area (Å²) in [6, 6.07) is 10.0. The van der Waals surface area contributed by atoms with Gasteiger partial charge in [-0.05, 0) is 12.1 Å². The lowest BCUT2D eigenvalue weighted by Crippen LogP contribution is -1.97. The maximum absolute atomic E-state index is 4.41. The summed E-state index contributed by atoms with van der Waals surface area (Å²) in [5.74, 6) is 0. The normalized spacial score (nSPS) is 10.9. The maximum Gasteiger partial charge on any atom is 0.0959 e. The first-order valence-corrected chi connectivity index (χ1v) is 6.82. The largest absolute Gasteiger partial charge is 0.254 e. The molecular formula is C13H11BrN4. The number of rotatable bonds is 3. The van der Waals surface area contributed by atoms with Gasteiger partial charge in [-0.25, -0.2) is 4.68 Å². The number of aryl methyl sites for hydroxylation is 1. The first kappa shape index (κ1) is 11.3. The summed E-state index contributed by atoms with van der Waals surface area (Å²) in [6.45, 7) is 0. The van der Waals surface area contributed by atoms with Gasteiger partial charge in [0.15, 0.2) is 0 Å². The van der Waals surface area contributed by atoms with Crippen molar-refractivity contribution in [2.24, 2.45) is 0 Å². The predicted octanol–water partition coefficient (Wildman–Crippen LogP) is 2.75. The Kier molecular flexibility index (Phi) is 3.06. The fourth-order valence-corrected chi connectivity index (χ4v) is 2.31. The fraction of sp³-hybridized carbons (Fsp3) is 0.154. The Balaban J connectivity index is 2.12. The van der Waals surface area contributed by atoms with E-state index in [0.717, 1.165) is 34.0 Å². The third kappa shape index (κ3) is 2.01. The van der Waals surface area contributed by atoms with Crippen molar-refractivity contribution in [3.63, 3.8) is 0 Å². The van der Waals surface area contributed by atoms with Crippen LogP contribution in [-0.4, -0.2) is 25.3 Å². The third-order valence-corrected chi connectivity index (χ3v) is 3.15. The van der Waals surface area contributed by atoms with Gasteiger partial charge in [-0.1, -0.05) is 39.3 Å². The highest BCUT2D eigenvalue weighted by atomic mass is 79.9. The smallest absolute Gasteiger partial charge is 0.0959 e. The van der Waals surface area contributed by atoms with E-state index < -0.39 is 0 Å². The molecule has 2 heterocycles. The van der Waals surface area contributed by atoms with Crippen LogP contribution in [0.3, 0.4) is 0 Å². The number of nitrogens with zero attached hydrogens (tertiary/aromatic N) is 4. The Hall–Kier alpha value is -1.75. The standard InChI is InChI=1S/C13H11BrN4/c14-7-6-11-9-18(17-16-11)12-5-1-3-10-4-2-8-15-13(10)12/h1-5,8-9H,6-7H2. The molecule has 0 saturated carbocycles. The Morgan fingerprint density at radius 2 is 2.06 bits per heavy atom. The highest BCUT2D eigenvalue weighted by molar-refractivity contribution is 9.09. The van der Waals surface area contributed by atoms with Crippen LogP contribution in [0.15, 0.2) is 42.7 Å². The van der Waals surface area contributed by atoms with Gasteiger partial charge in [0.2, 0.25) is 0 Å². The zero-order valence-corrected chi connectivity index (χ0v) is 11.2. The second kappa shape index (κ2) is 4.86. The summed E-state index contributed by atoms with van der Waals surface area (Å²) >= 11 is 3.40. The predicted molar refractivity (Wildman–Crippen MR) is 74.2 cm³/mol. The van der Waals surface area contributed by atoms with Gasteiger partial charge in [-0.3, -0.25) is 4.98 Å². The minimum atomic E-state index is 0.873. The minimum absolute atomic E-state index is 0.873. The molecule has 0 fully saturated rings. The molecule has 1 aromatic carbocycles. The topological polar surface area (TPSA) is 43.6 Å². The highest BCUT2D eigenvalue weighted by Gasteiger charge is 2.06. The summed E-state index contributed by atoms with van der Waals surface area (Å²) < 4.78 is 1.79. The number of halogens is 1. The maximum atomic E-state index is 4.41. The molecule has 90 valence electrons. The molecule has 3 aromatic rings. The molecule has 0 radical (unpaired) electrons. The van der Waals surface area contributed by atoms with E-state index in [9.17, 15) is 0 Å². The molecule has 0 aliphatic carbocycles. The first-order chi connectivity index (χ1) is 8.88. The van der Waals surface area contributed by atoms with Crippen molar-refractivity contribution in [1.82, 2.24) is 20.0 Å². The van der Waals surface area contributed by atoms with E-state index in [0.29, 0.717) is 0 Å². The molecule has 0 N–H and O–H groups in total. The van der Waals surface area contributed by atoms with Gasteiger partial charge in [0.05, 0.1) is 23.1 Å². The van der Waals surface area contributed by atoms with Crippen molar-refractivity contribution in [3.8, 4) is 5.69 Å². The molecule has 0 amide bonds. The number of fused-ring (bicyclic) bond motifs is 1. The van der Waals surface area contributed by atoms with E-state index in [1.807, 2.05) is 36.5 Å². The Labute approximate surface area is 113 Å². The summed E-state index contributed by atoms with van der Waals surface area (Å²) in [5, 5.41) is 10.3. The fourth-order valence-electron chi connectivity index (χ4n) is 1.90. The molecule has 5 heteroatoms. The van der Waals surface area contributed by atoms with Crippen molar-refractivity contribution in [3.05, 3.63) is 48.4 Å². The molecule has 0 aliphatic rings. The molecule has 0 saturated heterocycles. The summed E-state index contributed by atoms with van der Waals surface area (Å²) in [6.07, 6.45) is 4.62. The molecule has 0 atom stereocenters. The number of pyridine rings is 1. The zero-order chi connectivity index (χ0) is 12.4. The Morgan fingerprint density at radius 1 is 1.17 bits per heavy atom. The molecule has 0 unspecified atom stereocenters. The zero-order valence-electron chi connectivity index (χ0n) is 9.62. The van der Waals surface area contributed by atoms with Gasteiger partial charge in [0, 0.05) is 23.3 Å². The van der Waals surface area contributed by atoms with E-state index in [-0.39, 0.29) is 0 Å². The number of hydrogen-bond acceptors (Lipinski definition) is 3. The van der Waals surface area contributed by atoms with E-state index in [2.05, 4.69) is 31.2 Å². The van der Waals surface area contributed by atoms with Crippen molar-refractivity contribution in [1.29, 1.82) is 0 Å². The average molecular weight is 303 g/mol. The van der Waals surface area contributed by atoms with Crippen LogP contribution in [0, 0.1) is 0 Å². The van der Waals surface area contributed by atoms with Crippen LogP contribution >= 0.6 is 15.9 Å². The van der Waals surface area contributed by atoms with E-state index in [1.54, 1.807) is 10.9 Å². The number of para-hydroxylation sites is 1. The van der Waals surface area contributed by atoms with Crippen molar-refractivity contribution < 1.29 is 0 Å². The molecule has 2 aromatic heterocycles. The first-order valence-electron chi connectivity index (χ1n) is 5.70. The number of hydrogen-bond donors (Lipinski definition) is 0. The molecule has 0 aliphatic heterocycles. The second-order valence-corrected chi connectivity index (χ2v) is 4.74. The van der Waals surface area contributed by atoms with Crippen LogP contribution in [-0.2, 0) is 6.42 Å². The SMILES string of the molecule is BrCCc1cn(-c2cccc3cccnc23)nn1. The summed E-state index contributed by atoms with van der Waals surface area (Å²) in [7, 11) is 0. The molecule has 0 bridgehead atoms. The Bertz CT molecular complexity index is 672. The third-order valence-electron chi connectivity index (χ3n) is 2.75. The van der Waals surface area contributed by atoms with Crippen LogP contribution in [0.4, 0.5) is 0 Å². The van der Waals surface area contributed by atoms with Crippen LogP contribution in [0.5, 0.6) is 0 Å². The van der Waals surface area contributed by atoms with Crippen LogP contribution < -0.4 is 0 Å². The van der Waals surface area contributed by atoms with Crippen LogP contribution in [0.1, 0.15) is 5.69 Å². The average Bonchev–Trinajstić information content (AvgIpc) is 2.87. The van der Waals surface area contributed by atoms with Gasteiger partial charge in [-0.2, -0.15) is 0 Å². The summed E-state index contributed by atoms with van der Waals surface area (Å²) in [5.41, 5.74) is 2.87. The van der Waals surface area contributed by atoms with E-state index >= 15 is 0 Å². The van der Waals surface area contributed by atoms with E-state index in [4.69, 9.17) is 0 Å². The monoisotopic (exact) mass is 302 g/mol. The number of alkyl halides is 1. The molecule has 18 heavy (non-hydrogen) atoms. The number of benzene rings is 1. The van der Waals surface area contributed by atoms with Crippen molar-refractivity contribution in [2.75, 3.05) is 5.33 Å². The highest BCUT2D eigenvalue weighted by Crippen LogP contribution is 2.19. The van der Waals surface area contributed by atoms with Gasteiger partial charge in [-0.15, -0.1) is 5.10 Å². The molecular weight excluding hydrogens is 292 g/mol.